The van der Waals surface area contributed by atoms with Crippen molar-refractivity contribution in [2.45, 2.75) is 25.2 Å². The summed E-state index contributed by atoms with van der Waals surface area (Å²) in [6.45, 7) is 0.764. The first kappa shape index (κ1) is 15.8. The topological polar surface area (TPSA) is 46.3 Å². The molecule has 1 fully saturated rings. The molecule has 0 saturated heterocycles. The Morgan fingerprint density at radius 1 is 1.17 bits per heavy atom. The zero-order valence-electron chi connectivity index (χ0n) is 13.1. The van der Waals surface area contributed by atoms with E-state index < -0.39 is 0 Å². The molecule has 24 heavy (non-hydrogen) atoms. The van der Waals surface area contributed by atoms with Crippen LogP contribution in [0.5, 0.6) is 0 Å². The third-order valence-corrected chi connectivity index (χ3v) is 5.77. The van der Waals surface area contributed by atoms with E-state index in [-0.39, 0.29) is 17.7 Å². The van der Waals surface area contributed by atoms with Crippen LogP contribution in [0, 0.1) is 5.92 Å². The predicted molar refractivity (Wildman–Crippen MR) is 98.8 cm³/mol. The highest BCUT2D eigenvalue weighted by Crippen LogP contribution is 2.50. The monoisotopic (exact) mass is 360 g/mol. The number of nitrogen functional groups attached to an aromatic ring is 1. The summed E-state index contributed by atoms with van der Waals surface area (Å²) >= 11 is 12.1. The molecule has 0 aromatic heterocycles. The number of hydrogen-bond acceptors (Lipinski definition) is 2. The van der Waals surface area contributed by atoms with Crippen molar-refractivity contribution in [1.82, 2.24) is 0 Å². The van der Waals surface area contributed by atoms with Crippen LogP contribution in [0.2, 0.25) is 10.0 Å². The number of carbonyl (C=O) groups is 1. The molecule has 3 nitrogen and oxygen atoms in total. The van der Waals surface area contributed by atoms with Crippen LogP contribution in [-0.4, -0.2) is 12.5 Å². The fourth-order valence-electron chi connectivity index (χ4n) is 3.66. The molecular formula is C19H18Cl2N2O. The maximum Gasteiger partial charge on any atom is 0.230 e. The van der Waals surface area contributed by atoms with Gasteiger partial charge in [0.25, 0.3) is 0 Å². The van der Waals surface area contributed by atoms with Crippen molar-refractivity contribution in [3.8, 4) is 0 Å². The van der Waals surface area contributed by atoms with Crippen LogP contribution < -0.4 is 10.6 Å². The standard InChI is InChI=1S/C19H18Cl2N2O/c20-15-7-6-11(9-16(15)21)13-10-14(13)19(24)23-8-2-3-12-17(22)4-1-5-18(12)23/h1,4-7,9,13-14H,2-3,8,10,22H2. The van der Waals surface area contributed by atoms with E-state index in [9.17, 15) is 4.79 Å². The Labute approximate surface area is 151 Å². The van der Waals surface area contributed by atoms with E-state index >= 15 is 0 Å². The lowest BCUT2D eigenvalue weighted by atomic mass is 9.99. The molecule has 4 rings (SSSR count). The van der Waals surface area contributed by atoms with Crippen LogP contribution in [0.4, 0.5) is 11.4 Å². The van der Waals surface area contributed by atoms with Crippen molar-refractivity contribution in [1.29, 1.82) is 0 Å². The quantitative estimate of drug-likeness (QED) is 0.791. The highest BCUT2D eigenvalue weighted by molar-refractivity contribution is 6.42. The summed E-state index contributed by atoms with van der Waals surface area (Å²) in [5, 5.41) is 1.09. The Hall–Kier alpha value is -1.71. The molecule has 1 saturated carbocycles. The second-order valence-corrected chi connectivity index (χ2v) is 7.37. The minimum atomic E-state index is 0.0228. The zero-order valence-corrected chi connectivity index (χ0v) is 14.6. The first-order chi connectivity index (χ1) is 11.6. The molecule has 0 radical (unpaired) electrons. The number of halogens is 2. The van der Waals surface area contributed by atoms with Crippen molar-refractivity contribution in [2.75, 3.05) is 17.2 Å². The van der Waals surface area contributed by atoms with E-state index in [1.807, 2.05) is 35.2 Å². The van der Waals surface area contributed by atoms with Gasteiger partial charge in [-0.3, -0.25) is 4.79 Å². The van der Waals surface area contributed by atoms with E-state index in [0.29, 0.717) is 10.0 Å². The summed E-state index contributed by atoms with van der Waals surface area (Å²) in [7, 11) is 0. The number of nitrogens with two attached hydrogens (primary N) is 1. The van der Waals surface area contributed by atoms with Crippen molar-refractivity contribution in [3.63, 3.8) is 0 Å². The van der Waals surface area contributed by atoms with Crippen molar-refractivity contribution in [3.05, 3.63) is 57.6 Å². The lowest BCUT2D eigenvalue weighted by Crippen LogP contribution is -2.37. The Kier molecular flexibility index (Phi) is 3.93. The number of fused-ring (bicyclic) bond motifs is 1. The average Bonchev–Trinajstić information content (AvgIpc) is 3.37. The molecule has 2 aromatic rings. The van der Waals surface area contributed by atoms with E-state index in [0.717, 1.165) is 48.3 Å². The van der Waals surface area contributed by atoms with Gasteiger partial charge in [-0.05, 0) is 60.6 Å². The molecule has 2 unspecified atom stereocenters. The molecular weight excluding hydrogens is 343 g/mol. The smallest absolute Gasteiger partial charge is 0.230 e. The molecule has 2 atom stereocenters. The van der Waals surface area contributed by atoms with Crippen LogP contribution >= 0.6 is 23.2 Å². The molecule has 2 aromatic carbocycles. The van der Waals surface area contributed by atoms with Crippen LogP contribution in [0.15, 0.2) is 36.4 Å². The lowest BCUT2D eigenvalue weighted by molar-refractivity contribution is -0.120. The van der Waals surface area contributed by atoms with Gasteiger partial charge in [-0.25, -0.2) is 0 Å². The molecule has 1 amide bonds. The Morgan fingerprint density at radius 3 is 2.79 bits per heavy atom. The Balaban J connectivity index is 1.56. The highest BCUT2D eigenvalue weighted by atomic mass is 35.5. The second kappa shape index (κ2) is 5.98. The Morgan fingerprint density at radius 2 is 2.00 bits per heavy atom. The SMILES string of the molecule is Nc1cccc2c1CCCN2C(=O)C1CC1c1ccc(Cl)c(Cl)c1. The molecule has 5 heteroatoms. The van der Waals surface area contributed by atoms with Gasteiger partial charge in [-0.1, -0.05) is 35.3 Å². The molecule has 2 N–H and O–H groups in total. The summed E-state index contributed by atoms with van der Waals surface area (Å²) in [6.07, 6.45) is 2.76. The minimum absolute atomic E-state index is 0.0228. The summed E-state index contributed by atoms with van der Waals surface area (Å²) in [5.74, 6) is 0.450. The third-order valence-electron chi connectivity index (χ3n) is 5.03. The number of anilines is 2. The number of hydrogen-bond donors (Lipinski definition) is 1. The Bertz CT molecular complexity index is 821. The van der Waals surface area contributed by atoms with Gasteiger partial charge in [0.15, 0.2) is 0 Å². The summed E-state index contributed by atoms with van der Waals surface area (Å²) in [5.41, 5.74) is 10.0. The largest absolute Gasteiger partial charge is 0.398 e. The first-order valence-corrected chi connectivity index (χ1v) is 8.95. The maximum atomic E-state index is 13.0. The number of amides is 1. The van der Waals surface area contributed by atoms with Crippen molar-refractivity contribution < 1.29 is 4.79 Å². The fraction of sp³-hybridized carbons (Fsp3) is 0.316. The minimum Gasteiger partial charge on any atom is -0.398 e. The first-order valence-electron chi connectivity index (χ1n) is 8.20. The van der Waals surface area contributed by atoms with Gasteiger partial charge < -0.3 is 10.6 Å². The van der Waals surface area contributed by atoms with Crippen molar-refractivity contribution in [2.24, 2.45) is 5.92 Å². The predicted octanol–water partition coefficient (Wildman–Crippen LogP) is 4.66. The average molecular weight is 361 g/mol. The van der Waals surface area contributed by atoms with Crippen molar-refractivity contribution >= 4 is 40.5 Å². The molecule has 0 bridgehead atoms. The van der Waals surface area contributed by atoms with Gasteiger partial charge in [0, 0.05) is 23.8 Å². The summed E-state index contributed by atoms with van der Waals surface area (Å²) < 4.78 is 0. The van der Waals surface area contributed by atoms with Crippen LogP contribution in [0.3, 0.4) is 0 Å². The van der Waals surface area contributed by atoms with Gasteiger partial charge in [-0.2, -0.15) is 0 Å². The van der Waals surface area contributed by atoms with E-state index in [2.05, 4.69) is 0 Å². The summed E-state index contributed by atoms with van der Waals surface area (Å²) in [6, 6.07) is 11.5. The number of nitrogens with zero attached hydrogens (tertiary/aromatic N) is 1. The van der Waals surface area contributed by atoms with Gasteiger partial charge in [-0.15, -0.1) is 0 Å². The third kappa shape index (κ3) is 2.66. The molecule has 0 spiro atoms. The van der Waals surface area contributed by atoms with Gasteiger partial charge >= 0.3 is 0 Å². The normalized spacial score (nSPS) is 22.2. The molecule has 1 heterocycles. The van der Waals surface area contributed by atoms with Gasteiger partial charge in [0.05, 0.1) is 10.0 Å². The lowest BCUT2D eigenvalue weighted by Gasteiger charge is -2.30. The maximum absolute atomic E-state index is 13.0. The van der Waals surface area contributed by atoms with Crippen LogP contribution in [-0.2, 0) is 11.2 Å². The fourth-order valence-corrected chi connectivity index (χ4v) is 3.97. The van der Waals surface area contributed by atoms with Crippen LogP contribution in [0.25, 0.3) is 0 Å². The number of rotatable bonds is 2. The van der Waals surface area contributed by atoms with Crippen LogP contribution in [0.1, 0.15) is 29.9 Å². The molecule has 1 aliphatic carbocycles. The summed E-state index contributed by atoms with van der Waals surface area (Å²) in [4.78, 5) is 14.9. The van der Waals surface area contributed by atoms with Gasteiger partial charge in [0.2, 0.25) is 5.91 Å². The van der Waals surface area contributed by atoms with E-state index in [4.69, 9.17) is 28.9 Å². The number of benzene rings is 2. The second-order valence-electron chi connectivity index (χ2n) is 6.56. The number of carbonyl (C=O) groups excluding carboxylic acids is 1. The van der Waals surface area contributed by atoms with E-state index in [1.165, 1.54) is 0 Å². The zero-order chi connectivity index (χ0) is 16.8. The van der Waals surface area contributed by atoms with Gasteiger partial charge in [0.1, 0.15) is 0 Å². The molecule has 2 aliphatic rings. The molecule has 1 aliphatic heterocycles. The molecule has 124 valence electrons. The highest BCUT2D eigenvalue weighted by Gasteiger charge is 2.46. The van der Waals surface area contributed by atoms with E-state index in [1.54, 1.807) is 6.07 Å².